The average Bonchev–Trinajstić information content (AvgIpc) is 3.01. The fraction of sp³-hybridized carbons (Fsp3) is 0.263. The third-order valence-corrected chi connectivity index (χ3v) is 4.91. The maximum atomic E-state index is 14.2. The fourth-order valence-corrected chi connectivity index (χ4v) is 3.64. The number of hydrogen-bond donors (Lipinski definition) is 2. The van der Waals surface area contributed by atoms with Crippen LogP contribution in [0.1, 0.15) is 27.7 Å². The van der Waals surface area contributed by atoms with Crippen LogP contribution in [0.5, 0.6) is 0 Å². The molecule has 0 bridgehead atoms. The van der Waals surface area contributed by atoms with Gasteiger partial charge in [-0.15, -0.1) is 0 Å². The Morgan fingerprint density at radius 2 is 1.96 bits per heavy atom. The van der Waals surface area contributed by atoms with E-state index in [2.05, 4.69) is 31.4 Å². The molecule has 2 N–H and O–H groups in total. The minimum atomic E-state index is -0.655. The summed E-state index contributed by atoms with van der Waals surface area (Å²) in [6.45, 7) is 1.94. The number of hydrogen-bond acceptors (Lipinski definition) is 3. The molecule has 1 amide bonds. The predicted molar refractivity (Wildman–Crippen MR) is 104 cm³/mol. The topological polar surface area (TPSA) is 61.0 Å². The largest absolute Gasteiger partial charge is 0.349 e. The van der Waals surface area contributed by atoms with Crippen LogP contribution in [0, 0.1) is 18.6 Å². The molecule has 0 aliphatic heterocycles. The zero-order chi connectivity index (χ0) is 19.7. The number of carbonyl (C=O) groups is 1. The molecule has 0 fully saturated rings. The minimum Gasteiger partial charge on any atom is -0.349 e. The van der Waals surface area contributed by atoms with E-state index in [1.165, 1.54) is 18.2 Å². The average molecular weight is 437 g/mol. The highest BCUT2D eigenvalue weighted by Crippen LogP contribution is 2.26. The predicted octanol–water partition coefficient (Wildman–Crippen LogP) is 3.94. The zero-order valence-electron chi connectivity index (χ0n) is 15.1. The van der Waals surface area contributed by atoms with Gasteiger partial charge in [0.15, 0.2) is 0 Å². The summed E-state index contributed by atoms with van der Waals surface area (Å²) in [7, 11) is 3.41. The lowest BCUT2D eigenvalue weighted by Crippen LogP contribution is -2.35. The molecule has 0 radical (unpaired) electrons. The molecule has 3 aromatic rings. The summed E-state index contributed by atoms with van der Waals surface area (Å²) in [5.74, 6) is -1.68. The third kappa shape index (κ3) is 3.86. The molecule has 8 heteroatoms. The molecule has 0 aliphatic rings. The maximum Gasteiger partial charge on any atom is 0.270 e. The molecule has 1 aromatic heterocycles. The standard InChI is InChI=1S/C19H19BrF2N4O/c1-10-7-11(20)8-12-17(10)24-25-18(12)19(27)23-9-15(26(2)3)16-13(21)5-4-6-14(16)22/h4-8,15H,9H2,1-3H3,(H,23,27)(H,24,25). The number of aromatic amines is 1. The Morgan fingerprint density at radius 3 is 2.59 bits per heavy atom. The van der Waals surface area contributed by atoms with Crippen molar-refractivity contribution in [2.45, 2.75) is 13.0 Å². The Kier molecular flexibility index (Phi) is 5.57. The second-order valence-corrected chi connectivity index (χ2v) is 7.46. The van der Waals surface area contributed by atoms with Gasteiger partial charge in [-0.2, -0.15) is 5.10 Å². The van der Waals surface area contributed by atoms with Gasteiger partial charge < -0.3 is 10.2 Å². The number of H-pyrrole nitrogens is 1. The van der Waals surface area contributed by atoms with Crippen molar-refractivity contribution in [1.82, 2.24) is 20.4 Å². The Balaban J connectivity index is 1.86. The lowest BCUT2D eigenvalue weighted by molar-refractivity contribution is 0.0937. The first-order chi connectivity index (χ1) is 12.8. The highest BCUT2D eigenvalue weighted by Gasteiger charge is 2.24. The van der Waals surface area contributed by atoms with Gasteiger partial charge in [-0.25, -0.2) is 8.78 Å². The van der Waals surface area contributed by atoms with Crippen LogP contribution in [0.25, 0.3) is 10.9 Å². The highest BCUT2D eigenvalue weighted by molar-refractivity contribution is 9.10. The Bertz CT molecular complexity index is 983. The van der Waals surface area contributed by atoms with Gasteiger partial charge in [0.1, 0.15) is 17.3 Å². The zero-order valence-corrected chi connectivity index (χ0v) is 16.7. The van der Waals surface area contributed by atoms with Crippen LogP contribution in [0.4, 0.5) is 8.78 Å². The number of halogens is 3. The first kappa shape index (κ1) is 19.4. The number of amides is 1. The number of aryl methyl sites for hydroxylation is 1. The van der Waals surface area contributed by atoms with E-state index < -0.39 is 23.6 Å². The van der Waals surface area contributed by atoms with Crippen LogP contribution in [0.3, 0.4) is 0 Å². The summed E-state index contributed by atoms with van der Waals surface area (Å²) in [6.07, 6.45) is 0. The molecule has 5 nitrogen and oxygen atoms in total. The van der Waals surface area contributed by atoms with Crippen molar-refractivity contribution in [2.24, 2.45) is 0 Å². The summed E-state index contributed by atoms with van der Waals surface area (Å²) in [5.41, 5.74) is 1.86. The van der Waals surface area contributed by atoms with E-state index in [0.29, 0.717) is 16.6 Å². The summed E-state index contributed by atoms with van der Waals surface area (Å²) < 4.78 is 29.1. The van der Waals surface area contributed by atoms with E-state index in [4.69, 9.17) is 0 Å². The monoisotopic (exact) mass is 436 g/mol. The smallest absolute Gasteiger partial charge is 0.270 e. The summed E-state index contributed by atoms with van der Waals surface area (Å²) in [5, 5.41) is 10.4. The molecule has 0 saturated heterocycles. The van der Waals surface area contributed by atoms with Crippen molar-refractivity contribution in [3.63, 3.8) is 0 Å². The molecule has 0 aliphatic carbocycles. The normalized spacial score (nSPS) is 12.6. The number of fused-ring (bicyclic) bond motifs is 1. The van der Waals surface area contributed by atoms with Crippen LogP contribution >= 0.6 is 15.9 Å². The molecule has 0 saturated carbocycles. The number of likely N-dealkylation sites (N-methyl/N-ethyl adjacent to an activating group) is 1. The molecular weight excluding hydrogens is 418 g/mol. The Morgan fingerprint density at radius 1 is 1.30 bits per heavy atom. The molecule has 2 aromatic carbocycles. The van der Waals surface area contributed by atoms with E-state index >= 15 is 0 Å². The summed E-state index contributed by atoms with van der Waals surface area (Å²) in [4.78, 5) is 14.3. The quantitative estimate of drug-likeness (QED) is 0.636. The lowest BCUT2D eigenvalue weighted by Gasteiger charge is -2.25. The first-order valence-electron chi connectivity index (χ1n) is 8.32. The van der Waals surface area contributed by atoms with Crippen molar-refractivity contribution in [3.8, 4) is 0 Å². The molecule has 142 valence electrons. The number of carbonyl (C=O) groups excluding carboxylic acids is 1. The molecule has 1 heterocycles. The Labute approximate surface area is 163 Å². The van der Waals surface area contributed by atoms with Crippen LogP contribution in [0.2, 0.25) is 0 Å². The van der Waals surface area contributed by atoms with Crippen LogP contribution < -0.4 is 5.32 Å². The fourth-order valence-electron chi connectivity index (χ4n) is 3.07. The van der Waals surface area contributed by atoms with Gasteiger partial charge in [-0.1, -0.05) is 22.0 Å². The minimum absolute atomic E-state index is 0.0389. The van der Waals surface area contributed by atoms with Gasteiger partial charge in [0, 0.05) is 22.0 Å². The number of rotatable bonds is 5. The molecule has 1 atom stereocenters. The number of aromatic nitrogens is 2. The third-order valence-electron chi connectivity index (χ3n) is 4.45. The summed E-state index contributed by atoms with van der Waals surface area (Å²) >= 11 is 3.42. The Hall–Kier alpha value is -2.32. The molecule has 0 spiro atoms. The van der Waals surface area contributed by atoms with Crippen molar-refractivity contribution < 1.29 is 13.6 Å². The molecule has 3 rings (SSSR count). The second-order valence-electron chi connectivity index (χ2n) is 6.54. The first-order valence-corrected chi connectivity index (χ1v) is 9.11. The molecule has 27 heavy (non-hydrogen) atoms. The van der Waals surface area contributed by atoms with Gasteiger partial charge in [0.25, 0.3) is 5.91 Å². The van der Waals surface area contributed by atoms with Crippen LogP contribution in [0.15, 0.2) is 34.8 Å². The maximum absolute atomic E-state index is 14.2. The highest BCUT2D eigenvalue weighted by atomic mass is 79.9. The van der Waals surface area contributed by atoms with Crippen molar-refractivity contribution >= 4 is 32.7 Å². The lowest BCUT2D eigenvalue weighted by atomic mass is 10.0. The van der Waals surface area contributed by atoms with Gasteiger partial charge in [-0.05, 0) is 50.8 Å². The van der Waals surface area contributed by atoms with Gasteiger partial charge >= 0.3 is 0 Å². The number of nitrogens with zero attached hydrogens (tertiary/aromatic N) is 2. The van der Waals surface area contributed by atoms with E-state index in [1.807, 2.05) is 13.0 Å². The van der Waals surface area contributed by atoms with Crippen molar-refractivity contribution in [2.75, 3.05) is 20.6 Å². The number of nitrogens with one attached hydrogen (secondary N) is 2. The van der Waals surface area contributed by atoms with Gasteiger partial charge in [-0.3, -0.25) is 9.89 Å². The van der Waals surface area contributed by atoms with Gasteiger partial charge in [0.05, 0.1) is 11.6 Å². The van der Waals surface area contributed by atoms with Crippen LogP contribution in [-0.4, -0.2) is 41.6 Å². The molecule has 1 unspecified atom stereocenters. The van der Waals surface area contributed by atoms with E-state index in [9.17, 15) is 13.6 Å². The second kappa shape index (κ2) is 7.74. The van der Waals surface area contributed by atoms with E-state index in [0.717, 1.165) is 10.0 Å². The van der Waals surface area contributed by atoms with E-state index in [-0.39, 0.29) is 12.1 Å². The van der Waals surface area contributed by atoms with E-state index in [1.54, 1.807) is 25.1 Å². The summed E-state index contributed by atoms with van der Waals surface area (Å²) in [6, 6.07) is 6.79. The van der Waals surface area contributed by atoms with Crippen molar-refractivity contribution in [1.29, 1.82) is 0 Å². The van der Waals surface area contributed by atoms with Crippen LogP contribution in [-0.2, 0) is 0 Å². The van der Waals surface area contributed by atoms with Gasteiger partial charge in [0.2, 0.25) is 0 Å². The SMILES string of the molecule is Cc1cc(Br)cc2c(C(=O)NCC(c3c(F)cccc3F)N(C)C)[nH]nc12. The number of benzene rings is 2. The van der Waals surface area contributed by atoms with Crippen molar-refractivity contribution in [3.05, 3.63) is 63.3 Å². The molecular formula is C19H19BrF2N4O.